The normalized spacial score (nSPS) is 10.4. The van der Waals surface area contributed by atoms with E-state index in [2.05, 4.69) is 104 Å². The molecule has 96 heavy (non-hydrogen) atoms. The third-order valence-corrected chi connectivity index (χ3v) is 15.7. The number of hydrazine groups is 1. The second-order valence-electron chi connectivity index (χ2n) is 20.3. The van der Waals surface area contributed by atoms with Crippen LogP contribution >= 0.6 is 67.8 Å². The number of benzene rings is 7. The van der Waals surface area contributed by atoms with Gasteiger partial charge in [0.2, 0.25) is 5.78 Å². The smallest absolute Gasteiger partial charge is 0.274 e. The first-order chi connectivity index (χ1) is 45.4. The molecule has 2 aromatic heterocycles. The van der Waals surface area contributed by atoms with Crippen LogP contribution in [0.25, 0.3) is 11.4 Å². The number of hydroxylamine groups is 2. The summed E-state index contributed by atoms with van der Waals surface area (Å²) in [6, 6.07) is 44.4. The summed E-state index contributed by atoms with van der Waals surface area (Å²) in [5.41, 5.74) is 35.9. The Kier molecular flexibility index (Phi) is 32.0. The molecule has 2 amide bonds. The van der Waals surface area contributed by atoms with Crippen molar-refractivity contribution in [2.24, 2.45) is 5.84 Å². The zero-order chi connectivity index (χ0) is 70.1. The third-order valence-electron chi connectivity index (χ3n) is 13.7. The lowest BCUT2D eigenvalue weighted by Gasteiger charge is -2.11. The number of allylic oxidation sites excluding steroid dienone is 2. The second kappa shape index (κ2) is 38.9. The van der Waals surface area contributed by atoms with Gasteiger partial charge in [0, 0.05) is 69.6 Å². The minimum atomic E-state index is -0.389. The van der Waals surface area contributed by atoms with E-state index in [1.54, 1.807) is 110 Å². The van der Waals surface area contributed by atoms with Gasteiger partial charge in [-0.05, 0) is 197 Å². The van der Waals surface area contributed by atoms with E-state index < -0.39 is 0 Å². The summed E-state index contributed by atoms with van der Waals surface area (Å²) in [6.07, 6.45) is 4.42. The monoisotopic (exact) mass is 1640 g/mol. The van der Waals surface area contributed by atoms with Gasteiger partial charge in [0.1, 0.15) is 30.9 Å². The van der Waals surface area contributed by atoms with Gasteiger partial charge in [-0.1, -0.05) is 86.3 Å². The second-order valence-corrected chi connectivity index (χ2v) is 24.0. The fourth-order valence-corrected chi connectivity index (χ4v) is 10.1. The van der Waals surface area contributed by atoms with E-state index in [0.29, 0.717) is 67.1 Å². The Bertz CT molecular complexity index is 4190. The number of nitrogens with two attached hydrogens (primary N) is 4. The molecule has 9 rings (SSSR count). The molecule has 9 aromatic rings. The van der Waals surface area contributed by atoms with Gasteiger partial charge >= 0.3 is 0 Å². The first-order valence-corrected chi connectivity index (χ1v) is 31.6. The molecule has 0 saturated heterocycles. The summed E-state index contributed by atoms with van der Waals surface area (Å²) < 4.78 is 15.3. The maximum atomic E-state index is 12.8. The molecule has 0 radical (unpaired) electrons. The van der Waals surface area contributed by atoms with Crippen LogP contribution < -0.4 is 39.4 Å². The number of nitriles is 1. The molecule has 500 valence electrons. The Morgan fingerprint density at radius 2 is 0.906 bits per heavy atom. The Morgan fingerprint density at radius 3 is 1.28 bits per heavy atom. The fourth-order valence-electron chi connectivity index (χ4n) is 8.51. The van der Waals surface area contributed by atoms with Crippen LogP contribution in [0, 0.1) is 49.7 Å². The van der Waals surface area contributed by atoms with Crippen molar-refractivity contribution in [2.45, 2.75) is 42.0 Å². The maximum Gasteiger partial charge on any atom is 0.274 e. The molecule has 23 nitrogen and oxygen atoms in total. The van der Waals surface area contributed by atoms with E-state index in [1.165, 1.54) is 56.3 Å². The fraction of sp³-hybridized carbons (Fsp3) is 0.171. The van der Waals surface area contributed by atoms with E-state index in [9.17, 15) is 33.6 Å². The summed E-state index contributed by atoms with van der Waals surface area (Å²) in [6.45, 7) is 9.44. The van der Waals surface area contributed by atoms with Crippen molar-refractivity contribution >= 4 is 132 Å². The number of anilines is 4. The SMILES string of the molecule is C.C/C=C(/C#N)C(=O)c1cccc(I)c1.COCC(=O)c1ccc(C)c(N)c1.COCC(=O)c1ccc(C)c(NN)c1.CONC(=O)c1ccc(C)c(-n2ncc(C(=O)c3cccc(I)c3)c2N)c1.CONC(=O)c1ccc(C)c(-n2ncc(C(=O)c3cccc(I)c3)c2N)c1. The summed E-state index contributed by atoms with van der Waals surface area (Å²) in [5.74, 6) is 4.23. The van der Waals surface area contributed by atoms with E-state index in [-0.39, 0.29) is 78.6 Å². The van der Waals surface area contributed by atoms with E-state index >= 15 is 0 Å². The topological polar surface area (TPSA) is 356 Å². The molecule has 2 heterocycles. The molecule has 0 aliphatic rings. The molecule has 0 unspecified atom stereocenters. The number of nitrogens with zero attached hydrogens (tertiary/aromatic N) is 5. The van der Waals surface area contributed by atoms with Gasteiger partial charge in [-0.15, -0.1) is 0 Å². The highest BCUT2D eigenvalue weighted by Gasteiger charge is 2.22. The number of nitrogens with one attached hydrogen (secondary N) is 3. The third kappa shape index (κ3) is 21.9. The van der Waals surface area contributed by atoms with Gasteiger partial charge in [-0.2, -0.15) is 15.5 Å². The Labute approximate surface area is 597 Å². The van der Waals surface area contributed by atoms with Crippen LogP contribution in [-0.2, 0) is 19.1 Å². The summed E-state index contributed by atoms with van der Waals surface area (Å²) in [4.78, 5) is 93.3. The molecule has 0 aliphatic heterocycles. The minimum Gasteiger partial charge on any atom is -0.398 e. The number of ether oxygens (including phenoxy) is 2. The lowest BCUT2D eigenvalue weighted by molar-refractivity contribution is 0.0533. The Hall–Kier alpha value is -9.33. The highest BCUT2D eigenvalue weighted by atomic mass is 127. The van der Waals surface area contributed by atoms with Crippen molar-refractivity contribution in [3.05, 3.63) is 253 Å². The molecule has 11 N–H and O–H groups in total. The average Bonchev–Trinajstić information content (AvgIpc) is 1.61. The first kappa shape index (κ1) is 79.1. The van der Waals surface area contributed by atoms with E-state index in [0.717, 1.165) is 38.7 Å². The first-order valence-electron chi connectivity index (χ1n) is 28.4. The van der Waals surface area contributed by atoms with Crippen LogP contribution in [0.2, 0.25) is 0 Å². The average molecular weight is 1640 g/mol. The number of hydrogen-bond acceptors (Lipinski definition) is 19. The van der Waals surface area contributed by atoms with Crippen LogP contribution in [-0.4, -0.2) is 102 Å². The summed E-state index contributed by atoms with van der Waals surface area (Å²) >= 11 is 6.43. The van der Waals surface area contributed by atoms with Crippen molar-refractivity contribution in [3.63, 3.8) is 0 Å². The summed E-state index contributed by atoms with van der Waals surface area (Å²) in [5, 5.41) is 17.2. The number of aryl methyl sites for hydroxylation is 4. The highest BCUT2D eigenvalue weighted by Crippen LogP contribution is 2.27. The number of amides is 2. The predicted molar refractivity (Wildman–Crippen MR) is 396 cm³/mol. The number of aromatic nitrogens is 4. The molecule has 0 saturated carbocycles. The largest absolute Gasteiger partial charge is 0.398 e. The van der Waals surface area contributed by atoms with E-state index in [4.69, 9.17) is 37.8 Å². The van der Waals surface area contributed by atoms with Crippen molar-refractivity contribution in [1.82, 2.24) is 30.5 Å². The quantitative estimate of drug-likeness (QED) is 0.00752. The number of methoxy groups -OCH3 is 2. The number of rotatable bonds is 19. The van der Waals surface area contributed by atoms with Crippen molar-refractivity contribution in [1.29, 1.82) is 5.26 Å². The summed E-state index contributed by atoms with van der Waals surface area (Å²) in [7, 11) is 5.71. The van der Waals surface area contributed by atoms with Gasteiger partial charge in [-0.3, -0.25) is 49.1 Å². The predicted octanol–water partition coefficient (Wildman–Crippen LogP) is 11.9. The van der Waals surface area contributed by atoms with Crippen LogP contribution in [0.4, 0.5) is 23.0 Å². The molecule has 0 aliphatic carbocycles. The zero-order valence-corrected chi connectivity index (χ0v) is 59.6. The maximum absolute atomic E-state index is 12.8. The van der Waals surface area contributed by atoms with Crippen LogP contribution in [0.5, 0.6) is 0 Å². The number of carbonyl (C=O) groups excluding carboxylic acids is 7. The number of carbonyl (C=O) groups is 7. The number of Topliss-reactive ketones (excluding diaryl/α,β-unsaturated/α-hetero) is 3. The zero-order valence-electron chi connectivity index (χ0n) is 53.2. The molecular weight excluding hydrogens is 1570 g/mol. The van der Waals surface area contributed by atoms with Crippen LogP contribution in [0.15, 0.2) is 170 Å². The molecule has 7 aromatic carbocycles. The molecular formula is C70H73I3N12O11. The number of ketones is 5. The molecule has 0 fully saturated rings. The van der Waals surface area contributed by atoms with Crippen molar-refractivity contribution in [2.75, 3.05) is 64.3 Å². The van der Waals surface area contributed by atoms with Gasteiger partial charge in [0.25, 0.3) is 11.8 Å². The van der Waals surface area contributed by atoms with Crippen LogP contribution in [0.1, 0.15) is 120 Å². The standard InChI is InChI=1S/2C19H17IN4O3.C11H8INO.C10H14N2O2.C10H13NO2.CH4/c2*1-11-6-7-13(19(26)23-27-2)9-16(11)24-18(21)15(10-22-24)17(25)12-4-3-5-14(20)8-12;1-2-8(7-13)11(14)9-4-3-5-10(12)6-9;1-7-3-4-8(5-9(7)12-11)10(13)6-14-2;1-7-3-4-8(5-9(7)11)10(12)6-13-2;/h2*3-10H,21H2,1-2H3,(H,23,26);2-6H,1H3;3-5,12H,6,11H2,1-2H3;3-5H,6,11H2,1-2H3;1H4/b;;8-2-;;;. The Balaban J connectivity index is 0.000000265. The molecule has 0 bridgehead atoms. The van der Waals surface area contributed by atoms with Crippen LogP contribution in [0.3, 0.4) is 0 Å². The van der Waals surface area contributed by atoms with Gasteiger partial charge in [0.15, 0.2) is 23.1 Å². The minimum absolute atomic E-state index is 0. The van der Waals surface area contributed by atoms with Gasteiger partial charge < -0.3 is 32.1 Å². The lowest BCUT2D eigenvalue weighted by atomic mass is 10.0. The Morgan fingerprint density at radius 1 is 0.521 bits per heavy atom. The molecule has 0 spiro atoms. The molecule has 0 atom stereocenters. The van der Waals surface area contributed by atoms with Crippen molar-refractivity contribution < 1.29 is 52.7 Å². The van der Waals surface area contributed by atoms with Gasteiger partial charge in [-0.25, -0.2) is 20.3 Å². The number of halogens is 3. The highest BCUT2D eigenvalue weighted by molar-refractivity contribution is 14.1. The lowest BCUT2D eigenvalue weighted by Crippen LogP contribution is -2.22. The van der Waals surface area contributed by atoms with Crippen molar-refractivity contribution in [3.8, 4) is 17.4 Å². The number of nitrogen functional groups attached to an aromatic ring is 4. The van der Waals surface area contributed by atoms with Gasteiger partial charge in [0.05, 0.1) is 60.4 Å². The molecule has 26 heteroatoms. The number of hydrogen-bond donors (Lipinski definition) is 7. The van der Waals surface area contributed by atoms with E-state index in [1.807, 2.05) is 76.2 Å².